The van der Waals surface area contributed by atoms with Crippen molar-refractivity contribution in [3.05, 3.63) is 60.8 Å². The summed E-state index contributed by atoms with van der Waals surface area (Å²) in [6.45, 7) is 4.42. The second-order valence-electron chi connectivity index (χ2n) is 17.2. The normalized spacial score (nSPS) is 20.3. The van der Waals surface area contributed by atoms with Gasteiger partial charge >= 0.3 is 5.97 Å². The number of allylic oxidation sites excluding steroid dienone is 10. The van der Waals surface area contributed by atoms with E-state index in [2.05, 4.69) is 74.6 Å². The van der Waals surface area contributed by atoms with Crippen molar-refractivity contribution in [3.8, 4) is 0 Å². The molecule has 0 aromatic rings. The predicted octanol–water partition coefficient (Wildman–Crippen LogP) is 12.3. The Morgan fingerprint density at radius 1 is 0.532 bits per heavy atom. The Labute approximate surface area is 379 Å². The monoisotopic (exact) mass is 875 g/mol. The summed E-state index contributed by atoms with van der Waals surface area (Å²) in [5, 5.41) is 40.2. The molecule has 62 heavy (non-hydrogen) atoms. The molecule has 1 saturated heterocycles. The Morgan fingerprint density at radius 2 is 0.984 bits per heavy atom. The fraction of sp³-hybridized carbons (Fsp3) is 0.792. The molecule has 9 nitrogen and oxygen atoms in total. The Hall–Kier alpha value is -2.11. The minimum absolute atomic E-state index is 0.121. The zero-order valence-electron chi connectivity index (χ0n) is 39.6. The topological polar surface area (TPSA) is 135 Å². The maximum atomic E-state index is 12.8. The molecule has 6 unspecified atom stereocenters. The van der Waals surface area contributed by atoms with Crippen LogP contribution >= 0.6 is 0 Å². The number of unbranched alkanes of at least 4 members (excludes halogenated alkanes) is 22. The van der Waals surface area contributed by atoms with Crippen molar-refractivity contribution in [1.29, 1.82) is 0 Å². The van der Waals surface area contributed by atoms with Crippen LogP contribution in [0.1, 0.15) is 206 Å². The first-order valence-corrected chi connectivity index (χ1v) is 25.4. The molecule has 0 spiro atoms. The summed E-state index contributed by atoms with van der Waals surface area (Å²) in [5.41, 5.74) is 0. The van der Waals surface area contributed by atoms with E-state index in [0.717, 1.165) is 70.6 Å². The molecule has 1 heterocycles. The van der Waals surface area contributed by atoms with Gasteiger partial charge in [-0.25, -0.2) is 0 Å². The van der Waals surface area contributed by atoms with Crippen molar-refractivity contribution in [3.63, 3.8) is 0 Å². The van der Waals surface area contributed by atoms with Crippen LogP contribution in [0.2, 0.25) is 0 Å². The van der Waals surface area contributed by atoms with Crippen molar-refractivity contribution in [2.75, 3.05) is 26.4 Å². The van der Waals surface area contributed by atoms with Gasteiger partial charge in [0.25, 0.3) is 0 Å². The summed E-state index contributed by atoms with van der Waals surface area (Å²) in [6, 6.07) is 0. The summed E-state index contributed by atoms with van der Waals surface area (Å²) in [7, 11) is 0. The third kappa shape index (κ3) is 34.3. The van der Waals surface area contributed by atoms with Gasteiger partial charge in [-0.05, 0) is 77.0 Å². The first-order valence-electron chi connectivity index (χ1n) is 25.4. The molecule has 0 bridgehead atoms. The van der Waals surface area contributed by atoms with E-state index in [4.69, 9.17) is 18.9 Å². The van der Waals surface area contributed by atoms with Crippen molar-refractivity contribution < 1.29 is 44.2 Å². The van der Waals surface area contributed by atoms with Gasteiger partial charge in [0.1, 0.15) is 30.5 Å². The fourth-order valence-electron chi connectivity index (χ4n) is 7.48. The maximum Gasteiger partial charge on any atom is 0.306 e. The van der Waals surface area contributed by atoms with Gasteiger partial charge in [0.15, 0.2) is 6.29 Å². The summed E-state index contributed by atoms with van der Waals surface area (Å²) in [4.78, 5) is 12.8. The molecule has 0 radical (unpaired) electrons. The summed E-state index contributed by atoms with van der Waals surface area (Å²) >= 11 is 0. The number of esters is 1. The number of rotatable bonds is 43. The smallest absolute Gasteiger partial charge is 0.306 e. The van der Waals surface area contributed by atoms with Gasteiger partial charge in [-0.3, -0.25) is 4.79 Å². The Balaban J connectivity index is 2.21. The number of carbonyl (C=O) groups is 1. The molecule has 9 heteroatoms. The third-order valence-electron chi connectivity index (χ3n) is 11.4. The second kappa shape index (κ2) is 44.1. The number of aliphatic hydroxyl groups is 4. The van der Waals surface area contributed by atoms with Crippen LogP contribution < -0.4 is 0 Å². The molecular formula is C53H94O9. The minimum Gasteiger partial charge on any atom is -0.457 e. The minimum atomic E-state index is -1.54. The summed E-state index contributed by atoms with van der Waals surface area (Å²) in [5.74, 6) is -0.321. The van der Waals surface area contributed by atoms with E-state index in [1.807, 2.05) is 0 Å². The SMILES string of the molecule is CC/C=C\C/C=C\C/C=C\CCCCCCCCOCC(COC1OC(CO)C(O)C(O)C1O)OC(=O)CCCCCCCCCCCCC/C=C\C/C=C\CCCCCCC. The van der Waals surface area contributed by atoms with Gasteiger partial charge in [0.05, 0.1) is 19.8 Å². The molecule has 6 atom stereocenters. The molecule has 1 aliphatic rings. The highest BCUT2D eigenvalue weighted by Crippen LogP contribution is 2.23. The summed E-state index contributed by atoms with van der Waals surface area (Å²) < 4.78 is 22.9. The van der Waals surface area contributed by atoms with E-state index < -0.39 is 43.4 Å². The van der Waals surface area contributed by atoms with Gasteiger partial charge in [0, 0.05) is 13.0 Å². The molecule has 0 aromatic carbocycles. The summed E-state index contributed by atoms with van der Waals surface area (Å²) in [6.07, 6.45) is 49.7. The van der Waals surface area contributed by atoms with Crippen molar-refractivity contribution in [2.45, 2.75) is 243 Å². The molecule has 4 N–H and O–H groups in total. The Bertz CT molecular complexity index is 1130. The molecule has 360 valence electrons. The zero-order valence-corrected chi connectivity index (χ0v) is 39.6. The third-order valence-corrected chi connectivity index (χ3v) is 11.4. The van der Waals surface area contributed by atoms with Crippen LogP contribution in [0.15, 0.2) is 60.8 Å². The fourth-order valence-corrected chi connectivity index (χ4v) is 7.48. The Morgan fingerprint density at radius 3 is 1.48 bits per heavy atom. The van der Waals surface area contributed by atoms with Crippen molar-refractivity contribution in [2.24, 2.45) is 0 Å². The number of hydrogen-bond acceptors (Lipinski definition) is 9. The van der Waals surface area contributed by atoms with E-state index in [1.54, 1.807) is 0 Å². The van der Waals surface area contributed by atoms with E-state index in [9.17, 15) is 25.2 Å². The number of ether oxygens (including phenoxy) is 4. The Kier molecular flexibility index (Phi) is 41.2. The molecule has 1 fully saturated rings. The standard InChI is InChI=1S/C53H94O9/c1-3-5-7-9-11-13-15-17-19-21-22-23-24-25-26-27-28-30-32-34-36-38-40-42-49(55)61-47(46-60-53-52(58)51(57)50(56)48(44-54)62-53)45-59-43-41-39-37-35-33-31-29-20-18-16-14-12-10-8-6-4-2/h6,8,12,14-15,17-18,20-22,47-48,50-54,56-58H,3-5,7,9-11,13,16,19,23-46H2,1-2H3/b8-6-,14-12-,17-15-,20-18-,22-21-. The average molecular weight is 875 g/mol. The van der Waals surface area contributed by atoms with Crippen LogP contribution in [-0.2, 0) is 23.7 Å². The van der Waals surface area contributed by atoms with Crippen molar-refractivity contribution >= 4 is 5.97 Å². The van der Waals surface area contributed by atoms with Gasteiger partial charge in [-0.1, -0.05) is 184 Å². The lowest BCUT2D eigenvalue weighted by atomic mass is 9.99. The van der Waals surface area contributed by atoms with E-state index in [1.165, 1.54) is 116 Å². The van der Waals surface area contributed by atoms with Crippen LogP contribution in [0, 0.1) is 0 Å². The lowest BCUT2D eigenvalue weighted by Crippen LogP contribution is -2.59. The molecule has 0 aromatic heterocycles. The molecule has 0 amide bonds. The lowest BCUT2D eigenvalue weighted by molar-refractivity contribution is -0.305. The van der Waals surface area contributed by atoms with Crippen LogP contribution in [-0.4, -0.2) is 89.6 Å². The highest BCUT2D eigenvalue weighted by molar-refractivity contribution is 5.69. The predicted molar refractivity (Wildman–Crippen MR) is 256 cm³/mol. The highest BCUT2D eigenvalue weighted by atomic mass is 16.7. The van der Waals surface area contributed by atoms with Gasteiger partial charge in [-0.15, -0.1) is 0 Å². The van der Waals surface area contributed by atoms with Crippen LogP contribution in [0.25, 0.3) is 0 Å². The van der Waals surface area contributed by atoms with Gasteiger partial charge < -0.3 is 39.4 Å². The van der Waals surface area contributed by atoms with E-state index in [-0.39, 0.29) is 19.2 Å². The first kappa shape index (κ1) is 57.9. The molecule has 1 rings (SSSR count). The van der Waals surface area contributed by atoms with E-state index >= 15 is 0 Å². The number of hydrogen-bond donors (Lipinski definition) is 4. The maximum absolute atomic E-state index is 12.8. The average Bonchev–Trinajstić information content (AvgIpc) is 3.27. The van der Waals surface area contributed by atoms with Gasteiger partial charge in [-0.2, -0.15) is 0 Å². The van der Waals surface area contributed by atoms with Crippen molar-refractivity contribution in [1.82, 2.24) is 0 Å². The largest absolute Gasteiger partial charge is 0.457 e. The zero-order chi connectivity index (χ0) is 45.0. The lowest BCUT2D eigenvalue weighted by Gasteiger charge is -2.39. The van der Waals surface area contributed by atoms with Gasteiger partial charge in [0.2, 0.25) is 0 Å². The molecular weight excluding hydrogens is 781 g/mol. The molecule has 1 aliphatic heterocycles. The highest BCUT2D eigenvalue weighted by Gasteiger charge is 2.44. The second-order valence-corrected chi connectivity index (χ2v) is 17.2. The van der Waals surface area contributed by atoms with Crippen LogP contribution in [0.3, 0.4) is 0 Å². The quantitative estimate of drug-likeness (QED) is 0.0268. The number of aliphatic hydroxyl groups excluding tert-OH is 4. The first-order chi connectivity index (χ1) is 30.4. The van der Waals surface area contributed by atoms with E-state index in [0.29, 0.717) is 13.0 Å². The van der Waals surface area contributed by atoms with Crippen LogP contribution in [0.5, 0.6) is 0 Å². The molecule has 0 aliphatic carbocycles. The number of carbonyl (C=O) groups excluding carboxylic acids is 1. The molecule has 0 saturated carbocycles. The van der Waals surface area contributed by atoms with Crippen LogP contribution in [0.4, 0.5) is 0 Å².